The van der Waals surface area contributed by atoms with Crippen molar-refractivity contribution in [3.63, 3.8) is 0 Å². The van der Waals surface area contributed by atoms with Crippen molar-refractivity contribution in [1.82, 2.24) is 4.98 Å². The number of pyridine rings is 1. The molecule has 0 N–H and O–H groups in total. The Morgan fingerprint density at radius 1 is 0.528 bits per heavy atom. The van der Waals surface area contributed by atoms with Crippen molar-refractivity contribution < 1.29 is 0 Å². The molecule has 2 aromatic heterocycles. The maximum atomic E-state index is 4.58. The fourth-order valence-corrected chi connectivity index (χ4v) is 6.49. The molecule has 7 aromatic rings. The van der Waals surface area contributed by atoms with Gasteiger partial charge < -0.3 is 0 Å². The monoisotopic (exact) mass is 589 g/mol. The summed E-state index contributed by atoms with van der Waals surface area (Å²) in [5.41, 5.74) is 7.46. The minimum atomic E-state index is 1.09. The van der Waals surface area contributed by atoms with Crippen LogP contribution in [0.3, 0.4) is 0 Å². The molecule has 0 saturated heterocycles. The lowest BCUT2D eigenvalue weighted by atomic mass is 9.96. The Labute approximate surface area is 227 Å². The lowest BCUT2D eigenvalue weighted by molar-refractivity contribution is 1.45. The van der Waals surface area contributed by atoms with Crippen LogP contribution in [0.2, 0.25) is 0 Å². The van der Waals surface area contributed by atoms with Crippen LogP contribution in [0, 0.1) is 3.57 Å². The molecule has 0 atom stereocenters. The minimum Gasteiger partial charge on any atom is -0.245 e. The fraction of sp³-hybridized carbons (Fsp3) is 0. The Morgan fingerprint density at radius 2 is 1.14 bits per heavy atom. The molecular weight excluding hydrogens is 569 g/mol. The van der Waals surface area contributed by atoms with Gasteiger partial charge in [-0.3, -0.25) is 0 Å². The van der Waals surface area contributed by atoms with E-state index in [1.54, 1.807) is 11.3 Å². The van der Waals surface area contributed by atoms with Gasteiger partial charge >= 0.3 is 0 Å². The summed E-state index contributed by atoms with van der Waals surface area (Å²) in [6.45, 7) is 0. The summed E-state index contributed by atoms with van der Waals surface area (Å²) < 4.78 is 2.55. The predicted molar refractivity (Wildman–Crippen MR) is 164 cm³/mol. The summed E-state index contributed by atoms with van der Waals surface area (Å²) in [5, 5.41) is 5.03. The topological polar surface area (TPSA) is 12.9 Å². The van der Waals surface area contributed by atoms with Crippen molar-refractivity contribution in [3.8, 4) is 33.4 Å². The molecule has 0 fully saturated rings. The molecule has 0 spiro atoms. The zero-order chi connectivity index (χ0) is 24.1. The van der Waals surface area contributed by atoms with Crippen LogP contribution in [0.1, 0.15) is 0 Å². The number of hydrogen-bond acceptors (Lipinski definition) is 2. The largest absolute Gasteiger partial charge is 0.245 e. The second-order valence-corrected chi connectivity index (χ2v) is 11.2. The maximum Gasteiger partial charge on any atom is 0.124 e. The molecule has 7 rings (SSSR count). The first-order valence-corrected chi connectivity index (χ1v) is 13.8. The highest BCUT2D eigenvalue weighted by atomic mass is 127. The standard InChI is InChI=1S/C33H20INS/c34-28-16-14-22(15-17-28)26-13-9-23-8-12-25(19-27(23)20-26)21-6-10-24(11-7-21)29-3-1-4-30-31-5-2-18-35-33(31)36-32(29)30/h1-20H. The van der Waals surface area contributed by atoms with E-state index in [0.29, 0.717) is 0 Å². The number of fused-ring (bicyclic) bond motifs is 4. The van der Waals surface area contributed by atoms with E-state index in [4.69, 9.17) is 0 Å². The van der Waals surface area contributed by atoms with E-state index >= 15 is 0 Å². The molecule has 0 unspecified atom stereocenters. The van der Waals surface area contributed by atoms with Gasteiger partial charge in [0.1, 0.15) is 4.83 Å². The van der Waals surface area contributed by atoms with Crippen LogP contribution in [0.15, 0.2) is 121 Å². The van der Waals surface area contributed by atoms with Gasteiger partial charge in [0.05, 0.1) is 0 Å². The molecule has 0 aliphatic carbocycles. The average Bonchev–Trinajstić information content (AvgIpc) is 3.32. The van der Waals surface area contributed by atoms with Crippen molar-refractivity contribution in [2.75, 3.05) is 0 Å². The Balaban J connectivity index is 1.26. The molecule has 36 heavy (non-hydrogen) atoms. The van der Waals surface area contributed by atoms with E-state index in [9.17, 15) is 0 Å². The van der Waals surface area contributed by atoms with Crippen LogP contribution in [0.4, 0.5) is 0 Å². The van der Waals surface area contributed by atoms with E-state index in [2.05, 4.69) is 137 Å². The second kappa shape index (κ2) is 8.84. The van der Waals surface area contributed by atoms with Gasteiger partial charge in [-0.2, -0.15) is 0 Å². The number of hydrogen-bond donors (Lipinski definition) is 0. The smallest absolute Gasteiger partial charge is 0.124 e. The normalized spacial score (nSPS) is 11.5. The van der Waals surface area contributed by atoms with Crippen LogP contribution >= 0.6 is 33.9 Å². The van der Waals surface area contributed by atoms with Crippen molar-refractivity contribution in [1.29, 1.82) is 0 Å². The van der Waals surface area contributed by atoms with Gasteiger partial charge in [0.15, 0.2) is 0 Å². The molecule has 0 radical (unpaired) electrons. The van der Waals surface area contributed by atoms with Crippen LogP contribution in [-0.4, -0.2) is 4.98 Å². The van der Waals surface area contributed by atoms with E-state index in [-0.39, 0.29) is 0 Å². The highest BCUT2D eigenvalue weighted by Crippen LogP contribution is 2.39. The Kier molecular flexibility index (Phi) is 5.33. The first-order valence-electron chi connectivity index (χ1n) is 11.9. The summed E-state index contributed by atoms with van der Waals surface area (Å²) in [6.07, 6.45) is 1.87. The molecule has 0 saturated carbocycles. The van der Waals surface area contributed by atoms with Crippen LogP contribution in [0.5, 0.6) is 0 Å². The number of benzene rings is 5. The minimum absolute atomic E-state index is 1.09. The molecule has 1 nitrogen and oxygen atoms in total. The van der Waals surface area contributed by atoms with Crippen molar-refractivity contribution >= 4 is 65.0 Å². The lowest BCUT2D eigenvalue weighted by Crippen LogP contribution is -1.83. The van der Waals surface area contributed by atoms with Crippen LogP contribution in [-0.2, 0) is 0 Å². The fourth-order valence-electron chi connectivity index (χ4n) is 4.95. The van der Waals surface area contributed by atoms with Gasteiger partial charge in [0, 0.05) is 25.2 Å². The van der Waals surface area contributed by atoms with Crippen LogP contribution < -0.4 is 0 Å². The highest BCUT2D eigenvalue weighted by molar-refractivity contribution is 14.1. The van der Waals surface area contributed by atoms with Gasteiger partial charge in [0.25, 0.3) is 0 Å². The molecule has 2 heterocycles. The summed E-state index contributed by atoms with van der Waals surface area (Å²) >= 11 is 4.13. The van der Waals surface area contributed by atoms with Gasteiger partial charge in [-0.05, 0) is 103 Å². The van der Waals surface area contributed by atoms with Crippen molar-refractivity contribution in [2.24, 2.45) is 0 Å². The van der Waals surface area contributed by atoms with Gasteiger partial charge in [-0.1, -0.05) is 78.9 Å². The molecule has 0 aliphatic heterocycles. The summed E-state index contributed by atoms with van der Waals surface area (Å²) in [4.78, 5) is 5.67. The zero-order valence-corrected chi connectivity index (χ0v) is 22.3. The number of halogens is 1. The number of aromatic nitrogens is 1. The third-order valence-corrected chi connectivity index (χ3v) is 8.70. The number of rotatable bonds is 3. The highest BCUT2D eigenvalue weighted by Gasteiger charge is 2.11. The predicted octanol–water partition coefficient (Wildman–Crippen LogP) is 10.2. The average molecular weight is 590 g/mol. The third kappa shape index (κ3) is 3.80. The Hall–Kier alpha value is -3.54. The number of nitrogens with zero attached hydrogens (tertiary/aromatic N) is 1. The third-order valence-electron chi connectivity index (χ3n) is 6.82. The Bertz CT molecular complexity index is 1880. The maximum absolute atomic E-state index is 4.58. The Morgan fingerprint density at radius 3 is 1.86 bits per heavy atom. The molecule has 0 amide bonds. The van der Waals surface area contributed by atoms with Gasteiger partial charge in [-0.25, -0.2) is 4.98 Å². The molecule has 170 valence electrons. The van der Waals surface area contributed by atoms with E-state index in [1.807, 2.05) is 12.3 Å². The van der Waals surface area contributed by atoms with E-state index < -0.39 is 0 Å². The molecular formula is C33H20INS. The van der Waals surface area contributed by atoms with Crippen molar-refractivity contribution in [2.45, 2.75) is 0 Å². The summed E-state index contributed by atoms with van der Waals surface area (Å²) in [5.74, 6) is 0. The first kappa shape index (κ1) is 21.7. The van der Waals surface area contributed by atoms with E-state index in [1.165, 1.54) is 63.2 Å². The lowest BCUT2D eigenvalue weighted by Gasteiger charge is -2.09. The molecule has 0 aliphatic rings. The summed E-state index contributed by atoms with van der Waals surface area (Å²) in [6, 6.07) is 41.9. The zero-order valence-electron chi connectivity index (χ0n) is 19.3. The number of thiophene rings is 1. The first-order chi connectivity index (χ1) is 17.7. The molecule has 5 aromatic carbocycles. The van der Waals surface area contributed by atoms with Gasteiger partial charge in [0.2, 0.25) is 0 Å². The SMILES string of the molecule is Ic1ccc(-c2ccc3ccc(-c4ccc(-c5cccc6c5sc5ncccc56)cc4)cc3c2)cc1. The van der Waals surface area contributed by atoms with E-state index in [0.717, 1.165) is 4.83 Å². The molecule has 0 bridgehead atoms. The quantitative estimate of drug-likeness (QED) is 0.187. The van der Waals surface area contributed by atoms with Crippen LogP contribution in [0.25, 0.3) is 64.5 Å². The van der Waals surface area contributed by atoms with Crippen molar-refractivity contribution in [3.05, 3.63) is 125 Å². The van der Waals surface area contributed by atoms with Gasteiger partial charge in [-0.15, -0.1) is 11.3 Å². The second-order valence-electron chi connectivity index (χ2n) is 9.00. The summed E-state index contributed by atoms with van der Waals surface area (Å²) in [7, 11) is 0. The molecule has 3 heteroatoms.